The summed E-state index contributed by atoms with van der Waals surface area (Å²) in [5, 5.41) is 46.8. The second-order valence-corrected chi connectivity index (χ2v) is 11.9. The SMILES string of the molecule is COc1c2c(c(O)c3cc(CN4CC(F)C4)ccc13)C(O)=C1C(=O)[C@]3(O)C(O)=C(C(N)=O)C(=O)[C@@H](N(C)C)[C@@H]3C[C@@H]1C2. The zero-order chi connectivity index (χ0) is 30.4. The van der Waals surface area contributed by atoms with Gasteiger partial charge in [-0.2, -0.15) is 0 Å². The van der Waals surface area contributed by atoms with Gasteiger partial charge in [-0.15, -0.1) is 0 Å². The van der Waals surface area contributed by atoms with E-state index in [1.165, 1.54) is 12.0 Å². The largest absolute Gasteiger partial charge is 0.508 e. The van der Waals surface area contributed by atoms with Gasteiger partial charge in [0.25, 0.3) is 5.91 Å². The van der Waals surface area contributed by atoms with Crippen LogP contribution in [0.15, 0.2) is 35.1 Å². The zero-order valence-electron chi connectivity index (χ0n) is 23.3. The lowest BCUT2D eigenvalue weighted by Crippen LogP contribution is -2.65. The second-order valence-electron chi connectivity index (χ2n) is 11.9. The summed E-state index contributed by atoms with van der Waals surface area (Å²) in [6, 6.07) is 4.20. The van der Waals surface area contributed by atoms with Crippen molar-refractivity contribution in [1.82, 2.24) is 9.80 Å². The monoisotopic (exact) mass is 581 g/mol. The molecule has 2 fully saturated rings. The normalized spacial score (nSPS) is 28.1. The second kappa shape index (κ2) is 9.51. The highest BCUT2D eigenvalue weighted by molar-refractivity contribution is 6.24. The molecule has 6 N–H and O–H groups in total. The van der Waals surface area contributed by atoms with Gasteiger partial charge in [0.1, 0.15) is 34.8 Å². The predicted octanol–water partition coefficient (Wildman–Crippen LogP) is 1.28. The number of benzene rings is 2. The molecule has 42 heavy (non-hydrogen) atoms. The van der Waals surface area contributed by atoms with Crippen molar-refractivity contribution in [2.45, 2.75) is 37.2 Å². The molecule has 0 spiro atoms. The van der Waals surface area contributed by atoms with Crippen LogP contribution in [0.25, 0.3) is 16.5 Å². The summed E-state index contributed by atoms with van der Waals surface area (Å²) in [5.41, 5.74) is 2.78. The first-order valence-corrected chi connectivity index (χ1v) is 13.7. The number of hydrogen-bond donors (Lipinski definition) is 5. The predicted molar refractivity (Wildman–Crippen MR) is 148 cm³/mol. The van der Waals surface area contributed by atoms with Gasteiger partial charge < -0.3 is 30.9 Å². The Labute approximate surface area is 240 Å². The molecule has 1 amide bonds. The third-order valence-corrected chi connectivity index (χ3v) is 9.23. The number of phenolic OH excluding ortho intramolecular Hbond substituents is 1. The topological polar surface area (TPSA) is 174 Å². The molecule has 12 heteroatoms. The van der Waals surface area contributed by atoms with Crippen LogP contribution in [-0.4, -0.2) is 99.8 Å². The number of ether oxygens (including phenoxy) is 1. The summed E-state index contributed by atoms with van der Waals surface area (Å²) >= 11 is 0. The molecule has 11 nitrogen and oxygen atoms in total. The number of ketones is 2. The van der Waals surface area contributed by atoms with Crippen molar-refractivity contribution in [2.24, 2.45) is 17.6 Å². The number of hydrogen-bond acceptors (Lipinski definition) is 10. The summed E-state index contributed by atoms with van der Waals surface area (Å²) in [6.45, 7) is 1.09. The molecule has 0 aromatic heterocycles. The van der Waals surface area contributed by atoms with Crippen LogP contribution in [-0.2, 0) is 27.3 Å². The number of nitrogens with zero attached hydrogens (tertiary/aromatic N) is 2. The lowest BCUT2D eigenvalue weighted by molar-refractivity contribution is -0.153. The fraction of sp³-hybridized carbons (Fsp3) is 0.433. The highest BCUT2D eigenvalue weighted by Gasteiger charge is 2.64. The van der Waals surface area contributed by atoms with Gasteiger partial charge in [0.2, 0.25) is 5.78 Å². The number of carbonyl (C=O) groups is 3. The number of Topliss-reactive ketones (excluding diaryl/α,β-unsaturated/α-hetero) is 2. The first-order valence-electron chi connectivity index (χ1n) is 13.7. The van der Waals surface area contributed by atoms with Gasteiger partial charge in [-0.25, -0.2) is 4.39 Å². The zero-order valence-corrected chi connectivity index (χ0v) is 23.3. The number of methoxy groups -OCH3 is 1. The van der Waals surface area contributed by atoms with Crippen molar-refractivity contribution < 1.29 is 43.9 Å². The Kier molecular flexibility index (Phi) is 6.37. The molecular formula is C30H32FN3O8. The van der Waals surface area contributed by atoms with E-state index in [9.17, 15) is 39.2 Å². The molecule has 2 aromatic carbocycles. The van der Waals surface area contributed by atoms with Crippen molar-refractivity contribution in [2.75, 3.05) is 34.3 Å². The Bertz CT molecular complexity index is 1640. The van der Waals surface area contributed by atoms with Crippen molar-refractivity contribution >= 4 is 34.0 Å². The minimum Gasteiger partial charge on any atom is -0.508 e. The smallest absolute Gasteiger partial charge is 0.255 e. The van der Waals surface area contributed by atoms with Crippen molar-refractivity contribution in [3.05, 3.63) is 51.8 Å². The van der Waals surface area contributed by atoms with Crippen LogP contribution in [0.1, 0.15) is 23.1 Å². The van der Waals surface area contributed by atoms with Gasteiger partial charge in [-0.1, -0.05) is 12.1 Å². The number of aliphatic hydroxyl groups excluding tert-OH is 2. The Morgan fingerprint density at radius 1 is 1.19 bits per heavy atom. The number of phenols is 1. The number of carbonyl (C=O) groups excluding carboxylic acids is 3. The van der Waals surface area contributed by atoms with E-state index in [0.717, 1.165) is 5.56 Å². The fourth-order valence-electron chi connectivity index (χ4n) is 7.35. The van der Waals surface area contributed by atoms with E-state index in [1.807, 2.05) is 11.0 Å². The number of aliphatic hydroxyl groups is 3. The molecular weight excluding hydrogens is 549 g/mol. The average Bonchev–Trinajstić information content (AvgIpc) is 2.90. The molecule has 1 saturated carbocycles. The first kappa shape index (κ1) is 28.1. The van der Waals surface area contributed by atoms with Crippen molar-refractivity contribution in [1.29, 1.82) is 0 Å². The molecule has 0 bridgehead atoms. The average molecular weight is 582 g/mol. The lowest BCUT2D eigenvalue weighted by Gasteiger charge is -2.50. The highest BCUT2D eigenvalue weighted by Crippen LogP contribution is 2.55. The van der Waals surface area contributed by atoms with Crippen LogP contribution in [0.4, 0.5) is 4.39 Å². The first-order chi connectivity index (χ1) is 19.8. The molecule has 2 aromatic rings. The highest BCUT2D eigenvalue weighted by atomic mass is 19.1. The maximum atomic E-state index is 14.1. The molecule has 222 valence electrons. The molecule has 0 radical (unpaired) electrons. The van der Waals surface area contributed by atoms with Crippen LogP contribution < -0.4 is 10.5 Å². The van der Waals surface area contributed by atoms with Crippen molar-refractivity contribution in [3.8, 4) is 11.5 Å². The van der Waals surface area contributed by atoms with Gasteiger partial charge >= 0.3 is 0 Å². The molecule has 4 aliphatic rings. The Morgan fingerprint density at radius 2 is 1.88 bits per heavy atom. The Balaban J connectivity index is 1.53. The third-order valence-electron chi connectivity index (χ3n) is 9.23. The lowest BCUT2D eigenvalue weighted by atomic mass is 9.57. The van der Waals surface area contributed by atoms with Gasteiger partial charge in [-0.3, -0.25) is 24.2 Å². The molecule has 4 atom stereocenters. The van der Waals surface area contributed by atoms with Crippen LogP contribution in [0.5, 0.6) is 11.5 Å². The molecule has 1 heterocycles. The van der Waals surface area contributed by atoms with E-state index in [4.69, 9.17) is 10.5 Å². The van der Waals surface area contributed by atoms with E-state index in [0.29, 0.717) is 41.7 Å². The minimum absolute atomic E-state index is 0.0158. The number of aromatic hydroxyl groups is 1. The van der Waals surface area contributed by atoms with Gasteiger partial charge in [0.05, 0.1) is 18.7 Å². The Morgan fingerprint density at radius 3 is 2.48 bits per heavy atom. The number of halogens is 1. The van der Waals surface area contributed by atoms with E-state index < -0.39 is 64.2 Å². The third kappa shape index (κ3) is 3.71. The number of fused-ring (bicyclic) bond motifs is 4. The van der Waals surface area contributed by atoms with Crippen LogP contribution in [0.2, 0.25) is 0 Å². The number of likely N-dealkylation sites (N-methyl/N-ethyl adjacent to an activating group) is 1. The summed E-state index contributed by atoms with van der Waals surface area (Å²) in [6.07, 6.45) is -0.763. The van der Waals surface area contributed by atoms with Gasteiger partial charge in [0.15, 0.2) is 11.4 Å². The van der Waals surface area contributed by atoms with Crippen molar-refractivity contribution in [3.63, 3.8) is 0 Å². The number of nitrogens with two attached hydrogens (primary N) is 1. The minimum atomic E-state index is -2.71. The molecule has 6 rings (SSSR count). The standard InChI is InChI=1S/C30H32FN3O8/c1-33(2)22-18-8-13-7-17-20(24(36)19(13)27(38)30(18,41)28(39)21(25(22)37)29(32)40)23(35)16-6-12(9-34-10-14(31)11-34)4-5-15(16)26(17)42-3/h4-6,13-14,18,22,35-36,39,41H,7-11H2,1-3H3,(H2,32,40)/t13-,18-,22-,30-/m0/s1. The Hall–Kier alpha value is -4.00. The summed E-state index contributed by atoms with van der Waals surface area (Å²) in [5.74, 6) is -6.68. The molecule has 3 aliphatic carbocycles. The number of rotatable bonds is 5. The number of alkyl halides is 1. The van der Waals surface area contributed by atoms with E-state index in [2.05, 4.69) is 0 Å². The maximum Gasteiger partial charge on any atom is 0.255 e. The van der Waals surface area contributed by atoms with E-state index in [-0.39, 0.29) is 29.7 Å². The summed E-state index contributed by atoms with van der Waals surface area (Å²) in [7, 11) is 4.55. The number of likely N-dealkylation sites (tertiary alicyclic amines) is 1. The van der Waals surface area contributed by atoms with Crippen LogP contribution >= 0.6 is 0 Å². The van der Waals surface area contributed by atoms with E-state index >= 15 is 0 Å². The quantitative estimate of drug-likeness (QED) is 0.324. The molecule has 0 unspecified atom stereocenters. The summed E-state index contributed by atoms with van der Waals surface area (Å²) < 4.78 is 19.1. The molecule has 1 aliphatic heterocycles. The van der Waals surface area contributed by atoms with Crippen LogP contribution in [0, 0.1) is 11.8 Å². The molecule has 1 saturated heterocycles. The maximum absolute atomic E-state index is 14.1. The van der Waals surface area contributed by atoms with E-state index in [1.54, 1.807) is 26.2 Å². The van der Waals surface area contributed by atoms with Crippen LogP contribution in [0.3, 0.4) is 0 Å². The number of primary amides is 1. The van der Waals surface area contributed by atoms with Gasteiger partial charge in [-0.05, 0) is 44.5 Å². The summed E-state index contributed by atoms with van der Waals surface area (Å²) in [4.78, 5) is 42.9. The van der Waals surface area contributed by atoms with Gasteiger partial charge in [0, 0.05) is 47.5 Å². The fourth-order valence-corrected chi connectivity index (χ4v) is 7.35. The number of amides is 1.